The predicted molar refractivity (Wildman–Crippen MR) is 82.0 cm³/mol. The Morgan fingerprint density at radius 1 is 1.35 bits per heavy atom. The van der Waals surface area contributed by atoms with Crippen LogP contribution in [0.2, 0.25) is 0 Å². The summed E-state index contributed by atoms with van der Waals surface area (Å²) in [5.41, 5.74) is 0.0346. The first-order valence-electron chi connectivity index (χ1n) is 6.55. The van der Waals surface area contributed by atoms with Crippen molar-refractivity contribution < 1.29 is 9.72 Å². The number of hydrogen-bond donors (Lipinski definition) is 0. The third kappa shape index (κ3) is 4.28. The molecule has 0 aliphatic heterocycles. The molecular weight excluding hydrogens is 278 g/mol. The molecule has 1 rings (SSSR count). The average Bonchev–Trinajstić information content (AvgIpc) is 2.79. The lowest BCUT2D eigenvalue weighted by Gasteiger charge is -2.23. The van der Waals surface area contributed by atoms with Crippen molar-refractivity contribution in [2.24, 2.45) is 0 Å². The van der Waals surface area contributed by atoms with Gasteiger partial charge in [-0.1, -0.05) is 6.92 Å². The highest BCUT2D eigenvalue weighted by Gasteiger charge is 2.25. The van der Waals surface area contributed by atoms with Crippen LogP contribution in [0.5, 0.6) is 0 Å². The van der Waals surface area contributed by atoms with Gasteiger partial charge in [0.25, 0.3) is 0 Å². The summed E-state index contributed by atoms with van der Waals surface area (Å²) < 4.78 is 0. The van der Waals surface area contributed by atoms with Gasteiger partial charge in [-0.05, 0) is 27.4 Å². The summed E-state index contributed by atoms with van der Waals surface area (Å²) in [6.45, 7) is 5.73. The number of hydrogen-bond acceptors (Lipinski definition) is 6. The molecule has 0 bridgehead atoms. The maximum atomic E-state index is 11.4. The van der Waals surface area contributed by atoms with Crippen LogP contribution in [0.3, 0.4) is 0 Å². The zero-order valence-corrected chi connectivity index (χ0v) is 13.2. The van der Waals surface area contributed by atoms with E-state index >= 15 is 0 Å². The van der Waals surface area contributed by atoms with Gasteiger partial charge in [0.05, 0.1) is 9.80 Å². The second kappa shape index (κ2) is 7.35. The molecular formula is C13H21N3O3S. The second-order valence-electron chi connectivity index (χ2n) is 4.90. The van der Waals surface area contributed by atoms with Gasteiger partial charge < -0.3 is 9.80 Å². The van der Waals surface area contributed by atoms with Gasteiger partial charge >= 0.3 is 5.69 Å². The summed E-state index contributed by atoms with van der Waals surface area (Å²) >= 11 is 1.21. The molecule has 7 heteroatoms. The lowest BCUT2D eigenvalue weighted by Crippen LogP contribution is -2.32. The Hall–Kier alpha value is -1.47. The fraction of sp³-hybridized carbons (Fsp3) is 0.615. The molecule has 0 aliphatic carbocycles. The number of nitro groups is 1. The Morgan fingerprint density at radius 3 is 2.45 bits per heavy atom. The van der Waals surface area contributed by atoms with E-state index in [0.717, 1.165) is 19.5 Å². The molecule has 0 saturated carbocycles. The van der Waals surface area contributed by atoms with Crippen molar-refractivity contribution in [2.45, 2.75) is 20.3 Å². The van der Waals surface area contributed by atoms with Crippen LogP contribution >= 0.6 is 11.3 Å². The van der Waals surface area contributed by atoms with E-state index in [1.165, 1.54) is 24.3 Å². The molecule has 0 fully saturated rings. The maximum Gasteiger partial charge on any atom is 0.304 e. The molecule has 0 aromatic carbocycles. The fourth-order valence-electron chi connectivity index (χ4n) is 1.81. The van der Waals surface area contributed by atoms with E-state index in [1.807, 2.05) is 30.8 Å². The molecule has 1 aromatic heterocycles. The number of carbonyl (C=O) groups excluding carboxylic acids is 1. The van der Waals surface area contributed by atoms with E-state index in [1.54, 1.807) is 0 Å². The van der Waals surface area contributed by atoms with E-state index in [4.69, 9.17) is 0 Å². The SMILES string of the molecule is CCCN(CCN(C)C)c1sc(C(C)=O)cc1[N+](=O)[O-]. The highest BCUT2D eigenvalue weighted by atomic mass is 32.1. The third-order valence-corrected chi connectivity index (χ3v) is 4.12. The highest BCUT2D eigenvalue weighted by Crippen LogP contribution is 2.37. The normalized spacial score (nSPS) is 10.8. The number of likely N-dealkylation sites (N-methyl/N-ethyl adjacent to an activating group) is 1. The van der Waals surface area contributed by atoms with Gasteiger partial charge in [0.2, 0.25) is 0 Å². The number of anilines is 1. The number of carbonyl (C=O) groups is 1. The van der Waals surface area contributed by atoms with Crippen molar-refractivity contribution in [2.75, 3.05) is 38.6 Å². The van der Waals surface area contributed by atoms with Crippen LogP contribution in [-0.4, -0.2) is 49.3 Å². The quantitative estimate of drug-likeness (QED) is 0.419. The minimum absolute atomic E-state index is 0.0346. The Kier molecular flexibility index (Phi) is 6.09. The standard InChI is InChI=1S/C13H21N3O3S/c1-5-6-15(8-7-14(3)4)13-11(16(18)19)9-12(20-13)10(2)17/h9H,5-8H2,1-4H3. The lowest BCUT2D eigenvalue weighted by atomic mass is 10.3. The monoisotopic (exact) mass is 299 g/mol. The Balaban J connectivity index is 3.09. The third-order valence-electron chi connectivity index (χ3n) is 2.84. The van der Waals surface area contributed by atoms with Crippen molar-refractivity contribution in [3.8, 4) is 0 Å². The molecule has 0 atom stereocenters. The number of nitrogens with zero attached hydrogens (tertiary/aromatic N) is 3. The molecule has 0 amide bonds. The Morgan fingerprint density at radius 2 is 2.00 bits per heavy atom. The van der Waals surface area contributed by atoms with Gasteiger partial charge in [-0.15, -0.1) is 11.3 Å². The van der Waals surface area contributed by atoms with Crippen molar-refractivity contribution >= 4 is 27.8 Å². The van der Waals surface area contributed by atoms with Crippen molar-refractivity contribution in [3.05, 3.63) is 21.1 Å². The number of thiophene rings is 1. The Labute approximate surface area is 123 Å². The number of ketones is 1. The molecule has 1 aromatic rings. The van der Waals surface area contributed by atoms with Gasteiger partial charge in [0.15, 0.2) is 10.8 Å². The molecule has 1 heterocycles. The van der Waals surface area contributed by atoms with Crippen LogP contribution in [-0.2, 0) is 0 Å². The van der Waals surface area contributed by atoms with Gasteiger partial charge in [-0.2, -0.15) is 0 Å². The molecule has 0 spiro atoms. The van der Waals surface area contributed by atoms with Crippen molar-refractivity contribution in [1.82, 2.24) is 4.90 Å². The van der Waals surface area contributed by atoms with E-state index in [2.05, 4.69) is 0 Å². The van der Waals surface area contributed by atoms with Crippen LogP contribution in [0, 0.1) is 10.1 Å². The number of Topliss-reactive ketones (excluding diaryl/α,β-unsaturated/α-hetero) is 1. The summed E-state index contributed by atoms with van der Waals surface area (Å²) in [6.07, 6.45) is 0.901. The molecule has 112 valence electrons. The van der Waals surface area contributed by atoms with Crippen molar-refractivity contribution in [3.63, 3.8) is 0 Å². The summed E-state index contributed by atoms with van der Waals surface area (Å²) in [4.78, 5) is 26.7. The van der Waals surface area contributed by atoms with Crippen LogP contribution < -0.4 is 4.90 Å². The van der Waals surface area contributed by atoms with Gasteiger partial charge in [-0.25, -0.2) is 0 Å². The predicted octanol–water partition coefficient (Wildman–Crippen LogP) is 2.64. The first kappa shape index (κ1) is 16.6. The summed E-state index contributed by atoms with van der Waals surface area (Å²) in [5.74, 6) is -0.131. The van der Waals surface area contributed by atoms with Gasteiger partial charge in [0.1, 0.15) is 0 Å². The minimum atomic E-state index is -0.406. The van der Waals surface area contributed by atoms with E-state index in [-0.39, 0.29) is 11.5 Å². The van der Waals surface area contributed by atoms with Gasteiger partial charge in [-0.3, -0.25) is 14.9 Å². The highest BCUT2D eigenvalue weighted by molar-refractivity contribution is 7.18. The second-order valence-corrected chi connectivity index (χ2v) is 5.94. The largest absolute Gasteiger partial charge is 0.357 e. The minimum Gasteiger partial charge on any atom is -0.357 e. The smallest absolute Gasteiger partial charge is 0.304 e. The zero-order valence-electron chi connectivity index (χ0n) is 12.4. The summed E-state index contributed by atoms with van der Waals surface area (Å²) in [5, 5.41) is 11.8. The molecule has 6 nitrogen and oxygen atoms in total. The first-order chi connectivity index (χ1) is 9.36. The molecule has 0 N–H and O–H groups in total. The molecule has 20 heavy (non-hydrogen) atoms. The average molecular weight is 299 g/mol. The molecule has 0 radical (unpaired) electrons. The van der Waals surface area contributed by atoms with E-state index < -0.39 is 4.92 Å². The fourth-order valence-corrected chi connectivity index (χ4v) is 2.88. The summed E-state index contributed by atoms with van der Waals surface area (Å²) in [6, 6.07) is 1.39. The Bertz CT molecular complexity index is 485. The van der Waals surface area contributed by atoms with Crippen LogP contribution in [0.1, 0.15) is 29.9 Å². The maximum absolute atomic E-state index is 11.4. The van der Waals surface area contributed by atoms with Crippen LogP contribution in [0.4, 0.5) is 10.7 Å². The lowest BCUT2D eigenvalue weighted by molar-refractivity contribution is -0.383. The topological polar surface area (TPSA) is 66.7 Å². The summed E-state index contributed by atoms with van der Waals surface area (Å²) in [7, 11) is 3.93. The molecule has 0 aliphatic rings. The zero-order chi connectivity index (χ0) is 15.3. The van der Waals surface area contributed by atoms with E-state index in [0.29, 0.717) is 16.4 Å². The first-order valence-corrected chi connectivity index (χ1v) is 7.37. The van der Waals surface area contributed by atoms with Crippen LogP contribution in [0.15, 0.2) is 6.07 Å². The van der Waals surface area contributed by atoms with Crippen LogP contribution in [0.25, 0.3) is 0 Å². The molecule has 0 saturated heterocycles. The number of rotatable bonds is 8. The molecule has 0 unspecified atom stereocenters. The van der Waals surface area contributed by atoms with Crippen molar-refractivity contribution in [1.29, 1.82) is 0 Å². The van der Waals surface area contributed by atoms with Gasteiger partial charge in [0, 0.05) is 25.7 Å². The van der Waals surface area contributed by atoms with E-state index in [9.17, 15) is 14.9 Å².